The van der Waals surface area contributed by atoms with Crippen molar-refractivity contribution in [2.45, 2.75) is 45.4 Å². The van der Waals surface area contributed by atoms with Crippen LogP contribution in [0.25, 0.3) is 0 Å². The van der Waals surface area contributed by atoms with E-state index in [0.717, 1.165) is 50.7 Å². The van der Waals surface area contributed by atoms with E-state index in [1.807, 2.05) is 30.0 Å². The van der Waals surface area contributed by atoms with Crippen LogP contribution in [0, 0.1) is 5.41 Å². The molecule has 6 nitrogen and oxygen atoms in total. The summed E-state index contributed by atoms with van der Waals surface area (Å²) in [7, 11) is 1.77. The number of hydrogen-bond donors (Lipinski definition) is 2. The van der Waals surface area contributed by atoms with Gasteiger partial charge in [-0.05, 0) is 49.7 Å². The average molecular weight is 514 g/mol. The molecule has 0 radical (unpaired) electrons. The summed E-state index contributed by atoms with van der Waals surface area (Å²) in [6, 6.07) is 8.13. The number of guanidine groups is 1. The highest BCUT2D eigenvalue weighted by Crippen LogP contribution is 2.40. The number of aliphatic imine (C=N–C) groups is 1. The van der Waals surface area contributed by atoms with E-state index in [4.69, 9.17) is 4.74 Å². The van der Waals surface area contributed by atoms with Gasteiger partial charge in [0, 0.05) is 39.0 Å². The summed E-state index contributed by atoms with van der Waals surface area (Å²) in [5.74, 6) is 0.782. The number of amides is 1. The summed E-state index contributed by atoms with van der Waals surface area (Å²) in [5, 5.41) is 6.77. The number of benzene rings is 1. The Bertz CT molecular complexity index is 689. The van der Waals surface area contributed by atoms with Gasteiger partial charge >= 0.3 is 0 Å². The number of halogens is 1. The van der Waals surface area contributed by atoms with E-state index in [1.165, 1.54) is 31.2 Å². The minimum absolute atomic E-state index is 0. The number of ether oxygens (including phenoxy) is 1. The van der Waals surface area contributed by atoms with E-state index in [0.29, 0.717) is 0 Å². The molecule has 0 atom stereocenters. The number of methoxy groups -OCH3 is 1. The summed E-state index contributed by atoms with van der Waals surface area (Å²) in [6.07, 6.45) is 7.02. The second-order valence-corrected chi connectivity index (χ2v) is 7.92. The molecule has 0 unspecified atom stereocenters. The molecule has 0 aromatic heterocycles. The minimum Gasteiger partial charge on any atom is -0.385 e. The van der Waals surface area contributed by atoms with Gasteiger partial charge in [0.15, 0.2) is 5.96 Å². The summed E-state index contributed by atoms with van der Waals surface area (Å²) in [6.45, 7) is 5.40. The second kappa shape index (κ2) is 11.7. The molecular formula is C22H35IN4O2. The van der Waals surface area contributed by atoms with Crippen molar-refractivity contribution in [3.05, 3.63) is 29.8 Å². The van der Waals surface area contributed by atoms with E-state index in [2.05, 4.69) is 21.7 Å². The van der Waals surface area contributed by atoms with Crippen LogP contribution in [0.2, 0.25) is 0 Å². The van der Waals surface area contributed by atoms with Gasteiger partial charge in [-0.1, -0.05) is 31.0 Å². The number of hydrogen-bond acceptors (Lipinski definition) is 3. The predicted molar refractivity (Wildman–Crippen MR) is 129 cm³/mol. The fourth-order valence-electron chi connectivity index (χ4n) is 4.40. The molecule has 3 rings (SSSR count). The lowest BCUT2D eigenvalue weighted by molar-refractivity contribution is -0.117. The maximum Gasteiger partial charge on any atom is 0.248 e. The van der Waals surface area contributed by atoms with Gasteiger partial charge in [-0.25, -0.2) is 4.99 Å². The predicted octanol–water partition coefficient (Wildman–Crippen LogP) is 3.35. The highest BCUT2D eigenvalue weighted by molar-refractivity contribution is 14.0. The highest BCUT2D eigenvalue weighted by atomic mass is 127. The highest BCUT2D eigenvalue weighted by Gasteiger charge is 2.33. The molecule has 1 amide bonds. The maximum absolute atomic E-state index is 12.7. The van der Waals surface area contributed by atoms with Gasteiger partial charge in [0.1, 0.15) is 6.54 Å². The molecule has 1 aromatic rings. The molecule has 162 valence electrons. The lowest BCUT2D eigenvalue weighted by Crippen LogP contribution is -2.44. The molecule has 29 heavy (non-hydrogen) atoms. The molecular weight excluding hydrogens is 479 g/mol. The number of nitrogens with zero attached hydrogens (tertiary/aromatic N) is 2. The van der Waals surface area contributed by atoms with Gasteiger partial charge < -0.3 is 20.3 Å². The lowest BCUT2D eigenvalue weighted by Gasteiger charge is -2.30. The first-order valence-corrected chi connectivity index (χ1v) is 10.6. The van der Waals surface area contributed by atoms with Crippen LogP contribution in [-0.4, -0.2) is 51.8 Å². The molecule has 2 aliphatic rings. The Morgan fingerprint density at radius 1 is 1.24 bits per heavy atom. The van der Waals surface area contributed by atoms with E-state index in [9.17, 15) is 4.79 Å². The van der Waals surface area contributed by atoms with Crippen molar-refractivity contribution in [3.63, 3.8) is 0 Å². The summed E-state index contributed by atoms with van der Waals surface area (Å²) in [4.78, 5) is 19.2. The smallest absolute Gasteiger partial charge is 0.248 e. The van der Waals surface area contributed by atoms with E-state index >= 15 is 0 Å². The van der Waals surface area contributed by atoms with Crippen molar-refractivity contribution in [2.75, 3.05) is 44.8 Å². The molecule has 1 aliphatic carbocycles. The molecule has 0 bridgehead atoms. The van der Waals surface area contributed by atoms with E-state index in [1.54, 1.807) is 7.11 Å². The monoisotopic (exact) mass is 514 g/mol. The Kier molecular flexibility index (Phi) is 9.68. The maximum atomic E-state index is 12.7. The Morgan fingerprint density at radius 2 is 2.00 bits per heavy atom. The van der Waals surface area contributed by atoms with Gasteiger partial charge in [-0.2, -0.15) is 0 Å². The van der Waals surface area contributed by atoms with Crippen LogP contribution < -0.4 is 15.5 Å². The Morgan fingerprint density at radius 3 is 2.72 bits per heavy atom. The number of rotatable bonds is 8. The molecule has 0 spiro atoms. The van der Waals surface area contributed by atoms with Crippen LogP contribution in [0.5, 0.6) is 0 Å². The number of nitrogens with one attached hydrogen (secondary N) is 2. The van der Waals surface area contributed by atoms with Crippen LogP contribution >= 0.6 is 24.0 Å². The van der Waals surface area contributed by atoms with Crippen LogP contribution in [-0.2, 0) is 16.0 Å². The van der Waals surface area contributed by atoms with Crippen LogP contribution in [0.1, 0.15) is 44.6 Å². The van der Waals surface area contributed by atoms with Crippen LogP contribution in [0.4, 0.5) is 5.69 Å². The minimum atomic E-state index is 0. The van der Waals surface area contributed by atoms with Gasteiger partial charge in [0.2, 0.25) is 5.91 Å². The number of para-hydroxylation sites is 1. The van der Waals surface area contributed by atoms with Crippen molar-refractivity contribution in [2.24, 2.45) is 10.4 Å². The van der Waals surface area contributed by atoms with Crippen molar-refractivity contribution in [3.8, 4) is 0 Å². The first-order valence-electron chi connectivity index (χ1n) is 10.6. The molecule has 0 saturated heterocycles. The second-order valence-electron chi connectivity index (χ2n) is 7.92. The molecule has 1 aliphatic heterocycles. The fraction of sp³-hybridized carbons (Fsp3) is 0.636. The fourth-order valence-corrected chi connectivity index (χ4v) is 4.40. The Balaban J connectivity index is 0.00000300. The lowest BCUT2D eigenvalue weighted by atomic mass is 9.83. The number of carbonyl (C=O) groups excluding carboxylic acids is 1. The van der Waals surface area contributed by atoms with Crippen molar-refractivity contribution >= 4 is 41.5 Å². The molecule has 1 saturated carbocycles. The van der Waals surface area contributed by atoms with Gasteiger partial charge in [0.05, 0.1) is 0 Å². The van der Waals surface area contributed by atoms with Gasteiger partial charge in [-0.3, -0.25) is 4.79 Å². The zero-order chi connectivity index (χ0) is 19.8. The Hall–Kier alpha value is -1.35. The quantitative estimate of drug-likeness (QED) is 0.318. The molecule has 7 heteroatoms. The summed E-state index contributed by atoms with van der Waals surface area (Å²) < 4.78 is 5.32. The van der Waals surface area contributed by atoms with Crippen molar-refractivity contribution in [1.82, 2.24) is 10.6 Å². The average Bonchev–Trinajstić information content (AvgIpc) is 3.36. The van der Waals surface area contributed by atoms with Crippen LogP contribution in [0.15, 0.2) is 29.3 Å². The number of fused-ring (bicyclic) bond motifs is 1. The van der Waals surface area contributed by atoms with Crippen molar-refractivity contribution < 1.29 is 9.53 Å². The summed E-state index contributed by atoms with van der Waals surface area (Å²) in [5.41, 5.74) is 2.56. The third kappa shape index (κ3) is 6.31. The largest absolute Gasteiger partial charge is 0.385 e. The zero-order valence-corrected chi connectivity index (χ0v) is 20.0. The topological polar surface area (TPSA) is 66.0 Å². The summed E-state index contributed by atoms with van der Waals surface area (Å²) >= 11 is 0. The van der Waals surface area contributed by atoms with Crippen LogP contribution in [0.3, 0.4) is 0 Å². The molecule has 1 heterocycles. The zero-order valence-electron chi connectivity index (χ0n) is 17.7. The van der Waals surface area contributed by atoms with Gasteiger partial charge in [0.25, 0.3) is 0 Å². The SMILES string of the molecule is CCNC(=NCC(=O)N1CCc2ccccc21)NCC1(CCOC)CCCC1.I. The normalized spacial score (nSPS) is 17.6. The first-order chi connectivity index (χ1) is 13.7. The third-order valence-corrected chi connectivity index (χ3v) is 6.04. The Labute approximate surface area is 191 Å². The third-order valence-electron chi connectivity index (χ3n) is 6.04. The first kappa shape index (κ1) is 23.9. The van der Waals surface area contributed by atoms with Gasteiger partial charge in [-0.15, -0.1) is 24.0 Å². The molecule has 1 fully saturated rings. The number of carbonyl (C=O) groups is 1. The van der Waals surface area contributed by atoms with E-state index in [-0.39, 0.29) is 41.8 Å². The number of anilines is 1. The van der Waals surface area contributed by atoms with E-state index < -0.39 is 0 Å². The molecule has 1 aromatic carbocycles. The molecule has 2 N–H and O–H groups in total. The standard InChI is InChI=1S/C22H34N4O2.HI/c1-3-23-21(25-17-22(13-15-28-2)11-6-7-12-22)24-16-20(27)26-14-10-18-8-4-5-9-19(18)26;/h4-5,8-9H,3,6-7,10-17H2,1-2H3,(H2,23,24,25);1H. The van der Waals surface area contributed by atoms with Crippen molar-refractivity contribution in [1.29, 1.82) is 0 Å².